The van der Waals surface area contributed by atoms with Gasteiger partial charge in [-0.25, -0.2) is 0 Å². The van der Waals surface area contributed by atoms with Crippen molar-refractivity contribution in [2.75, 3.05) is 13.2 Å². The summed E-state index contributed by atoms with van der Waals surface area (Å²) in [6.07, 6.45) is 0.503. The van der Waals surface area contributed by atoms with Gasteiger partial charge in [0.1, 0.15) is 5.60 Å². The summed E-state index contributed by atoms with van der Waals surface area (Å²) in [6, 6.07) is 30.9. The Morgan fingerprint density at radius 3 is 1.69 bits per heavy atom. The average Bonchev–Trinajstić information content (AvgIpc) is 3.15. The molecule has 1 fully saturated rings. The molecular weight excluding hydrogens is 400 g/mol. The third-order valence-electron chi connectivity index (χ3n) is 5.81. The Balaban J connectivity index is 1.68. The van der Waals surface area contributed by atoms with Gasteiger partial charge in [-0.2, -0.15) is 0 Å². The molecule has 0 radical (unpaired) electrons. The molecule has 1 aliphatic heterocycles. The molecular formula is C28H32O4. The molecule has 1 N–H and O–H groups in total. The molecule has 4 nitrogen and oxygen atoms in total. The molecule has 0 amide bonds. The van der Waals surface area contributed by atoms with E-state index in [9.17, 15) is 5.11 Å². The highest BCUT2D eigenvalue weighted by molar-refractivity contribution is 5.47. The topological polar surface area (TPSA) is 47.9 Å². The summed E-state index contributed by atoms with van der Waals surface area (Å²) in [6.45, 7) is 6.08. The third-order valence-corrected chi connectivity index (χ3v) is 5.81. The van der Waals surface area contributed by atoms with Crippen molar-refractivity contribution in [3.05, 3.63) is 108 Å². The molecule has 168 valence electrons. The SMILES string of the molecule is CC(C)(O)OC1(C)CO[C@H](COC(c2ccccc2)(c2ccccc2)c2ccccc2)C1. The van der Waals surface area contributed by atoms with Gasteiger partial charge in [0.25, 0.3) is 0 Å². The summed E-state index contributed by atoms with van der Waals surface area (Å²) < 4.78 is 18.8. The first-order valence-corrected chi connectivity index (χ1v) is 11.2. The van der Waals surface area contributed by atoms with E-state index in [1.54, 1.807) is 13.8 Å². The summed E-state index contributed by atoms with van der Waals surface area (Å²) in [4.78, 5) is 0. The first-order valence-electron chi connectivity index (χ1n) is 11.2. The van der Waals surface area contributed by atoms with Gasteiger partial charge >= 0.3 is 0 Å². The van der Waals surface area contributed by atoms with Gasteiger partial charge in [0.2, 0.25) is 0 Å². The van der Waals surface area contributed by atoms with Crippen LogP contribution in [0, 0.1) is 0 Å². The number of benzene rings is 3. The molecule has 1 unspecified atom stereocenters. The van der Waals surface area contributed by atoms with Crippen molar-refractivity contribution < 1.29 is 19.3 Å². The lowest BCUT2D eigenvalue weighted by Gasteiger charge is -2.37. The van der Waals surface area contributed by atoms with Crippen molar-refractivity contribution in [3.63, 3.8) is 0 Å². The Kier molecular flexibility index (Phi) is 6.50. The number of ether oxygens (including phenoxy) is 3. The molecule has 4 heteroatoms. The second kappa shape index (κ2) is 9.16. The van der Waals surface area contributed by atoms with Crippen LogP contribution in [0.15, 0.2) is 91.0 Å². The fourth-order valence-electron chi connectivity index (χ4n) is 4.66. The van der Waals surface area contributed by atoms with Crippen molar-refractivity contribution in [3.8, 4) is 0 Å². The molecule has 0 aromatic heterocycles. The molecule has 4 rings (SSSR count). The molecule has 3 aromatic rings. The molecule has 0 spiro atoms. The lowest BCUT2D eigenvalue weighted by Crippen LogP contribution is -2.40. The fraction of sp³-hybridized carbons (Fsp3) is 0.357. The lowest BCUT2D eigenvalue weighted by molar-refractivity contribution is -0.238. The van der Waals surface area contributed by atoms with Crippen LogP contribution in [0.5, 0.6) is 0 Å². The monoisotopic (exact) mass is 432 g/mol. The largest absolute Gasteiger partial charge is 0.373 e. The predicted octanol–water partition coefficient (Wildman–Crippen LogP) is 5.29. The first-order chi connectivity index (χ1) is 15.3. The Morgan fingerprint density at radius 2 is 1.28 bits per heavy atom. The zero-order valence-electron chi connectivity index (χ0n) is 19.0. The molecule has 0 aliphatic carbocycles. The molecule has 2 atom stereocenters. The zero-order chi connectivity index (χ0) is 22.7. The fourth-order valence-corrected chi connectivity index (χ4v) is 4.66. The quantitative estimate of drug-likeness (QED) is 0.388. The van der Waals surface area contributed by atoms with E-state index in [1.165, 1.54) is 0 Å². The highest BCUT2D eigenvalue weighted by atomic mass is 16.7. The lowest BCUT2D eigenvalue weighted by atomic mass is 9.80. The Bertz CT molecular complexity index is 886. The van der Waals surface area contributed by atoms with Gasteiger partial charge < -0.3 is 19.3 Å². The third kappa shape index (κ3) is 4.94. The van der Waals surface area contributed by atoms with Crippen molar-refractivity contribution >= 4 is 0 Å². The minimum Gasteiger partial charge on any atom is -0.373 e. The predicted molar refractivity (Wildman–Crippen MR) is 125 cm³/mol. The summed E-state index contributed by atoms with van der Waals surface area (Å²) in [5, 5.41) is 10.1. The highest BCUT2D eigenvalue weighted by Gasteiger charge is 2.43. The van der Waals surface area contributed by atoms with Gasteiger partial charge in [0, 0.05) is 6.42 Å². The van der Waals surface area contributed by atoms with Crippen LogP contribution in [0.4, 0.5) is 0 Å². The van der Waals surface area contributed by atoms with E-state index in [0.29, 0.717) is 19.6 Å². The van der Waals surface area contributed by atoms with Crippen LogP contribution in [0.2, 0.25) is 0 Å². The second-order valence-electron chi connectivity index (χ2n) is 9.23. The van der Waals surface area contributed by atoms with Crippen molar-refractivity contribution in [1.29, 1.82) is 0 Å². The zero-order valence-corrected chi connectivity index (χ0v) is 19.0. The number of hydrogen-bond acceptors (Lipinski definition) is 4. The summed E-state index contributed by atoms with van der Waals surface area (Å²) in [5.41, 5.74) is 1.85. The first kappa shape index (κ1) is 22.7. The normalized spacial score (nSPS) is 21.6. The molecule has 1 heterocycles. The average molecular weight is 433 g/mol. The Morgan fingerprint density at radius 1 is 0.844 bits per heavy atom. The van der Waals surface area contributed by atoms with Gasteiger partial charge in [0.15, 0.2) is 5.79 Å². The van der Waals surface area contributed by atoms with Gasteiger partial charge in [-0.05, 0) is 37.5 Å². The van der Waals surface area contributed by atoms with E-state index < -0.39 is 17.0 Å². The molecule has 3 aromatic carbocycles. The maximum absolute atomic E-state index is 10.1. The van der Waals surface area contributed by atoms with E-state index in [-0.39, 0.29) is 6.10 Å². The van der Waals surface area contributed by atoms with Crippen molar-refractivity contribution in [2.45, 2.75) is 50.3 Å². The van der Waals surface area contributed by atoms with Crippen molar-refractivity contribution in [1.82, 2.24) is 0 Å². The summed E-state index contributed by atoms with van der Waals surface area (Å²) in [7, 11) is 0. The molecule has 0 bridgehead atoms. The van der Waals surface area contributed by atoms with Gasteiger partial charge in [0.05, 0.1) is 24.9 Å². The number of hydrogen-bond donors (Lipinski definition) is 1. The second-order valence-corrected chi connectivity index (χ2v) is 9.23. The molecule has 1 aliphatic rings. The van der Waals surface area contributed by atoms with Crippen LogP contribution in [0.3, 0.4) is 0 Å². The Hall–Kier alpha value is -2.50. The minimum absolute atomic E-state index is 0.141. The maximum atomic E-state index is 10.1. The van der Waals surface area contributed by atoms with E-state index in [2.05, 4.69) is 36.4 Å². The van der Waals surface area contributed by atoms with Gasteiger partial charge in [-0.15, -0.1) is 0 Å². The van der Waals surface area contributed by atoms with Gasteiger partial charge in [-0.3, -0.25) is 0 Å². The molecule has 32 heavy (non-hydrogen) atoms. The minimum atomic E-state index is -1.21. The van der Waals surface area contributed by atoms with E-state index in [0.717, 1.165) is 16.7 Å². The highest BCUT2D eigenvalue weighted by Crippen LogP contribution is 2.41. The van der Waals surface area contributed by atoms with Crippen LogP contribution in [-0.4, -0.2) is 35.8 Å². The van der Waals surface area contributed by atoms with E-state index in [1.807, 2.05) is 61.5 Å². The smallest absolute Gasteiger partial charge is 0.160 e. The van der Waals surface area contributed by atoms with Crippen LogP contribution in [0.1, 0.15) is 43.9 Å². The summed E-state index contributed by atoms with van der Waals surface area (Å²) >= 11 is 0. The Labute approximate surface area is 190 Å². The van der Waals surface area contributed by atoms with Crippen LogP contribution >= 0.6 is 0 Å². The summed E-state index contributed by atoms with van der Waals surface area (Å²) in [5.74, 6) is -1.21. The van der Waals surface area contributed by atoms with E-state index in [4.69, 9.17) is 14.2 Å². The van der Waals surface area contributed by atoms with Crippen LogP contribution in [-0.2, 0) is 19.8 Å². The standard InChI is InChI=1S/C28H32O4/c1-26(2,29)32-27(3)19-25(30-21-27)20-31-28(22-13-7-4-8-14-22,23-15-9-5-10-16-23)24-17-11-6-12-18-24/h4-18,25,29H,19-21H2,1-3H3/t25-,27?/m0/s1. The number of aliphatic hydroxyl groups is 1. The van der Waals surface area contributed by atoms with Crippen LogP contribution < -0.4 is 0 Å². The van der Waals surface area contributed by atoms with E-state index >= 15 is 0 Å². The maximum Gasteiger partial charge on any atom is 0.160 e. The van der Waals surface area contributed by atoms with Crippen molar-refractivity contribution in [2.24, 2.45) is 0 Å². The molecule has 1 saturated heterocycles. The van der Waals surface area contributed by atoms with Crippen LogP contribution in [0.25, 0.3) is 0 Å². The number of rotatable bonds is 8. The van der Waals surface area contributed by atoms with Gasteiger partial charge in [-0.1, -0.05) is 91.0 Å². The molecule has 0 saturated carbocycles.